The summed E-state index contributed by atoms with van der Waals surface area (Å²) in [5.41, 5.74) is 2.45. The lowest BCUT2D eigenvalue weighted by Crippen LogP contribution is -2.49. The zero-order chi connectivity index (χ0) is 18.1. The molecule has 0 spiro atoms. The van der Waals surface area contributed by atoms with E-state index in [4.69, 9.17) is 14.5 Å². The number of ether oxygens (including phenoxy) is 2. The molecule has 0 aromatic carbocycles. The van der Waals surface area contributed by atoms with Gasteiger partial charge < -0.3 is 9.47 Å². The summed E-state index contributed by atoms with van der Waals surface area (Å²) >= 11 is 0. The summed E-state index contributed by atoms with van der Waals surface area (Å²) in [5, 5.41) is 5.14. The smallest absolute Gasteiger partial charge is 0.224 e. The monoisotopic (exact) mass is 353 g/mol. The zero-order valence-electron chi connectivity index (χ0n) is 15.3. The normalized spacial score (nSPS) is 17.5. The summed E-state index contributed by atoms with van der Waals surface area (Å²) in [6.45, 7) is 7.05. The third-order valence-corrected chi connectivity index (χ3v) is 4.45. The molecule has 136 valence electrons. The molecule has 0 aliphatic carbocycles. The van der Waals surface area contributed by atoms with E-state index in [1.165, 1.54) is 0 Å². The summed E-state index contributed by atoms with van der Waals surface area (Å²) in [7, 11) is 1.89. The van der Waals surface area contributed by atoms with Gasteiger partial charge in [0.05, 0.1) is 35.0 Å². The SMILES string of the molecule is Cn1cc(-c2cc3ncccc3c(OCN3CCOC(C)(C)C3)n2)cn1. The Morgan fingerprint density at radius 2 is 2.23 bits per heavy atom. The molecule has 7 nitrogen and oxygen atoms in total. The maximum absolute atomic E-state index is 6.11. The molecule has 7 heteroatoms. The van der Waals surface area contributed by atoms with Crippen LogP contribution in [-0.4, -0.2) is 56.7 Å². The first-order valence-corrected chi connectivity index (χ1v) is 8.74. The second-order valence-electron chi connectivity index (χ2n) is 7.22. The minimum Gasteiger partial charge on any atom is -0.461 e. The molecular formula is C19H23N5O2. The second kappa shape index (κ2) is 6.66. The summed E-state index contributed by atoms with van der Waals surface area (Å²) in [5.74, 6) is 0.596. The van der Waals surface area contributed by atoms with Crippen LogP contribution in [0.1, 0.15) is 13.8 Å². The van der Waals surface area contributed by atoms with Crippen LogP contribution in [0, 0.1) is 0 Å². The summed E-state index contributed by atoms with van der Waals surface area (Å²) in [4.78, 5) is 11.4. The van der Waals surface area contributed by atoms with Gasteiger partial charge >= 0.3 is 0 Å². The molecule has 4 rings (SSSR count). The van der Waals surface area contributed by atoms with E-state index < -0.39 is 0 Å². The molecule has 0 radical (unpaired) electrons. The fraction of sp³-hybridized carbons (Fsp3) is 0.421. The molecule has 1 aliphatic heterocycles. The van der Waals surface area contributed by atoms with Gasteiger partial charge in [0.2, 0.25) is 5.88 Å². The third kappa shape index (κ3) is 3.54. The fourth-order valence-corrected chi connectivity index (χ4v) is 3.23. The van der Waals surface area contributed by atoms with Crippen molar-refractivity contribution < 1.29 is 9.47 Å². The first kappa shape index (κ1) is 16.9. The van der Waals surface area contributed by atoms with Crippen molar-refractivity contribution in [2.75, 3.05) is 26.4 Å². The molecule has 0 atom stereocenters. The minimum atomic E-state index is -0.157. The Labute approximate surface area is 152 Å². The van der Waals surface area contributed by atoms with Gasteiger partial charge in [-0.05, 0) is 32.0 Å². The number of nitrogens with zero attached hydrogens (tertiary/aromatic N) is 5. The first-order valence-electron chi connectivity index (χ1n) is 8.74. The van der Waals surface area contributed by atoms with Crippen molar-refractivity contribution in [2.24, 2.45) is 7.05 Å². The van der Waals surface area contributed by atoms with Crippen LogP contribution < -0.4 is 4.74 Å². The standard InChI is InChI=1S/C19H23N5O2/c1-19(2)12-24(7-8-26-19)13-25-18-15-5-4-6-20-17(15)9-16(22-18)14-10-21-23(3)11-14/h4-6,9-11H,7-8,12-13H2,1-3H3. The molecule has 1 fully saturated rings. The van der Waals surface area contributed by atoms with E-state index in [2.05, 4.69) is 28.8 Å². The molecule has 0 unspecified atom stereocenters. The maximum atomic E-state index is 6.11. The van der Waals surface area contributed by atoms with E-state index in [1.807, 2.05) is 31.4 Å². The molecule has 0 bridgehead atoms. The van der Waals surface area contributed by atoms with Gasteiger partial charge in [0.15, 0.2) is 0 Å². The van der Waals surface area contributed by atoms with Crippen LogP contribution in [0.3, 0.4) is 0 Å². The van der Waals surface area contributed by atoms with E-state index in [0.717, 1.165) is 35.2 Å². The Morgan fingerprint density at radius 3 is 3.00 bits per heavy atom. The molecule has 4 heterocycles. The second-order valence-corrected chi connectivity index (χ2v) is 7.22. The lowest BCUT2D eigenvalue weighted by molar-refractivity contribution is -0.101. The lowest BCUT2D eigenvalue weighted by atomic mass is 10.1. The fourth-order valence-electron chi connectivity index (χ4n) is 3.23. The first-order chi connectivity index (χ1) is 12.5. The van der Waals surface area contributed by atoms with Gasteiger partial charge in [0.1, 0.15) is 6.73 Å². The average molecular weight is 353 g/mol. The number of hydrogen-bond donors (Lipinski definition) is 0. The maximum Gasteiger partial charge on any atom is 0.224 e. The van der Waals surface area contributed by atoms with Gasteiger partial charge in [-0.25, -0.2) is 4.98 Å². The molecule has 1 aliphatic rings. The topological polar surface area (TPSA) is 65.3 Å². The van der Waals surface area contributed by atoms with Crippen LogP contribution in [0.15, 0.2) is 36.8 Å². The number of pyridine rings is 2. The van der Waals surface area contributed by atoms with Crippen molar-refractivity contribution in [1.29, 1.82) is 0 Å². The van der Waals surface area contributed by atoms with Crippen LogP contribution in [0.2, 0.25) is 0 Å². The molecule has 1 saturated heterocycles. The highest BCUT2D eigenvalue weighted by atomic mass is 16.5. The molecule has 0 saturated carbocycles. The Kier molecular flexibility index (Phi) is 4.34. The van der Waals surface area contributed by atoms with E-state index in [9.17, 15) is 0 Å². The van der Waals surface area contributed by atoms with Gasteiger partial charge in [-0.1, -0.05) is 0 Å². The van der Waals surface area contributed by atoms with Crippen LogP contribution >= 0.6 is 0 Å². The highest BCUT2D eigenvalue weighted by Crippen LogP contribution is 2.28. The predicted octanol–water partition coefficient (Wildman–Crippen LogP) is 2.48. The largest absolute Gasteiger partial charge is 0.461 e. The van der Waals surface area contributed by atoms with Gasteiger partial charge in [0, 0.05) is 38.1 Å². The number of morpholine rings is 1. The molecule has 26 heavy (non-hydrogen) atoms. The molecule has 0 amide bonds. The Hall–Kier alpha value is -2.51. The van der Waals surface area contributed by atoms with Crippen LogP contribution in [-0.2, 0) is 11.8 Å². The van der Waals surface area contributed by atoms with Crippen LogP contribution in [0.25, 0.3) is 22.2 Å². The van der Waals surface area contributed by atoms with E-state index in [-0.39, 0.29) is 5.60 Å². The number of aryl methyl sites for hydroxylation is 1. The molecular weight excluding hydrogens is 330 g/mol. The Bertz CT molecular complexity index is 921. The van der Waals surface area contributed by atoms with E-state index >= 15 is 0 Å². The van der Waals surface area contributed by atoms with Gasteiger partial charge in [0.25, 0.3) is 0 Å². The number of hydrogen-bond acceptors (Lipinski definition) is 6. The molecule has 3 aromatic rings. The van der Waals surface area contributed by atoms with E-state index in [0.29, 0.717) is 19.2 Å². The van der Waals surface area contributed by atoms with Crippen molar-refractivity contribution in [1.82, 2.24) is 24.6 Å². The summed E-state index contributed by atoms with van der Waals surface area (Å²) in [6, 6.07) is 5.86. The Balaban J connectivity index is 1.63. The highest BCUT2D eigenvalue weighted by molar-refractivity contribution is 5.86. The van der Waals surface area contributed by atoms with Crippen molar-refractivity contribution in [3.63, 3.8) is 0 Å². The number of aromatic nitrogens is 4. The van der Waals surface area contributed by atoms with Gasteiger partial charge in [-0.3, -0.25) is 14.6 Å². The van der Waals surface area contributed by atoms with E-state index in [1.54, 1.807) is 17.1 Å². The number of fused-ring (bicyclic) bond motifs is 1. The van der Waals surface area contributed by atoms with Crippen LogP contribution in [0.5, 0.6) is 5.88 Å². The molecule has 0 N–H and O–H groups in total. The minimum absolute atomic E-state index is 0.157. The predicted molar refractivity (Wildman–Crippen MR) is 98.8 cm³/mol. The third-order valence-electron chi connectivity index (χ3n) is 4.45. The van der Waals surface area contributed by atoms with Crippen molar-refractivity contribution in [3.8, 4) is 17.1 Å². The average Bonchev–Trinajstić information content (AvgIpc) is 3.05. The summed E-state index contributed by atoms with van der Waals surface area (Å²) in [6.07, 6.45) is 5.51. The highest BCUT2D eigenvalue weighted by Gasteiger charge is 2.27. The Morgan fingerprint density at radius 1 is 1.35 bits per heavy atom. The quantitative estimate of drug-likeness (QED) is 0.718. The van der Waals surface area contributed by atoms with Crippen LogP contribution in [0.4, 0.5) is 0 Å². The lowest BCUT2D eigenvalue weighted by Gasteiger charge is -2.37. The van der Waals surface area contributed by atoms with Gasteiger partial charge in [-0.2, -0.15) is 5.10 Å². The van der Waals surface area contributed by atoms with Crippen molar-refractivity contribution in [3.05, 3.63) is 36.8 Å². The van der Waals surface area contributed by atoms with Crippen molar-refractivity contribution >= 4 is 10.9 Å². The van der Waals surface area contributed by atoms with Crippen molar-refractivity contribution in [2.45, 2.75) is 19.4 Å². The summed E-state index contributed by atoms with van der Waals surface area (Å²) < 4.78 is 13.6. The van der Waals surface area contributed by atoms with Gasteiger partial charge in [-0.15, -0.1) is 0 Å². The molecule has 3 aromatic heterocycles. The number of rotatable bonds is 4. The zero-order valence-corrected chi connectivity index (χ0v) is 15.3.